The van der Waals surface area contributed by atoms with Crippen LogP contribution in [0.15, 0.2) is 22.7 Å². The average Bonchev–Trinajstić information content (AvgIpc) is 2.67. The zero-order valence-electron chi connectivity index (χ0n) is 9.82. The number of carbonyl (C=O) groups excluding carboxylic acids is 1. The molecule has 0 spiro atoms. The van der Waals surface area contributed by atoms with E-state index in [2.05, 4.69) is 20.9 Å². The maximum Gasteiger partial charge on any atom is 0.325 e. The van der Waals surface area contributed by atoms with Gasteiger partial charge in [0.15, 0.2) is 0 Å². The minimum absolute atomic E-state index is 0.154. The minimum Gasteiger partial charge on any atom is -0.468 e. The van der Waals surface area contributed by atoms with Crippen molar-refractivity contribution in [2.75, 3.05) is 13.0 Å². The van der Waals surface area contributed by atoms with Crippen molar-refractivity contribution in [2.24, 2.45) is 0 Å². The Kier molecular flexibility index (Phi) is 4.24. The first-order valence-corrected chi connectivity index (χ1v) is 6.76. The van der Waals surface area contributed by atoms with Crippen molar-refractivity contribution in [1.29, 1.82) is 0 Å². The summed E-state index contributed by atoms with van der Waals surface area (Å²) in [4.78, 5) is 15.9. The Hall–Kier alpha value is -1.07. The van der Waals surface area contributed by atoms with Crippen LogP contribution in [-0.4, -0.2) is 28.5 Å². The molecule has 0 atom stereocenters. The molecule has 4 nitrogen and oxygen atoms in total. The van der Waals surface area contributed by atoms with Crippen LogP contribution in [0.5, 0.6) is 0 Å². The van der Waals surface area contributed by atoms with Gasteiger partial charge in [-0.1, -0.05) is 15.9 Å². The largest absolute Gasteiger partial charge is 0.468 e. The lowest BCUT2D eigenvalue weighted by molar-refractivity contribution is -0.141. The number of alkyl halides is 1. The van der Waals surface area contributed by atoms with Crippen molar-refractivity contribution in [3.63, 3.8) is 0 Å². The Morgan fingerprint density at radius 3 is 3.00 bits per heavy atom. The van der Waals surface area contributed by atoms with E-state index in [1.54, 1.807) is 0 Å². The molecule has 0 saturated carbocycles. The second-order valence-electron chi connectivity index (χ2n) is 3.76. The van der Waals surface area contributed by atoms with E-state index in [9.17, 15) is 4.79 Å². The van der Waals surface area contributed by atoms with E-state index in [1.165, 1.54) is 7.11 Å². The number of methoxy groups -OCH3 is 1. The highest BCUT2D eigenvalue weighted by atomic mass is 79.9. The van der Waals surface area contributed by atoms with Crippen LogP contribution in [0.25, 0.3) is 11.0 Å². The molecule has 2 rings (SSSR count). The van der Waals surface area contributed by atoms with E-state index in [0.717, 1.165) is 21.3 Å². The number of imidazole rings is 1. The molecule has 0 bridgehead atoms. The maximum atomic E-state index is 11.4. The third-order valence-corrected chi connectivity index (χ3v) is 3.30. The number of halogens is 2. The van der Waals surface area contributed by atoms with Crippen LogP contribution in [0.3, 0.4) is 0 Å². The first-order chi connectivity index (χ1) is 8.65. The number of hydrogen-bond acceptors (Lipinski definition) is 3. The molecule has 0 N–H and O–H groups in total. The summed E-state index contributed by atoms with van der Waals surface area (Å²) in [6.45, 7) is 0.154. The highest BCUT2D eigenvalue weighted by Gasteiger charge is 2.13. The Labute approximate surface area is 118 Å². The van der Waals surface area contributed by atoms with Gasteiger partial charge in [-0.05, 0) is 18.2 Å². The molecular weight excluding hydrogens is 320 g/mol. The van der Waals surface area contributed by atoms with Gasteiger partial charge < -0.3 is 9.30 Å². The molecule has 0 aliphatic carbocycles. The smallest absolute Gasteiger partial charge is 0.325 e. The van der Waals surface area contributed by atoms with Gasteiger partial charge in [-0.2, -0.15) is 0 Å². The standard InChI is InChI=1S/C12H12BrClN2O2/c1-18-12(17)7-16-10-3-2-8(13)6-9(10)15-11(16)4-5-14/h2-3,6H,4-5,7H2,1H3. The predicted octanol–water partition coefficient (Wildman–Crippen LogP) is 2.75. The molecule has 1 aromatic heterocycles. The van der Waals surface area contributed by atoms with Crippen LogP contribution in [0.1, 0.15) is 5.82 Å². The second-order valence-corrected chi connectivity index (χ2v) is 5.06. The van der Waals surface area contributed by atoms with Crippen LogP contribution in [0, 0.1) is 0 Å². The van der Waals surface area contributed by atoms with Crippen LogP contribution < -0.4 is 0 Å². The second kappa shape index (κ2) is 5.71. The van der Waals surface area contributed by atoms with Gasteiger partial charge in [-0.15, -0.1) is 11.6 Å². The van der Waals surface area contributed by atoms with Crippen molar-refractivity contribution in [3.05, 3.63) is 28.5 Å². The lowest BCUT2D eigenvalue weighted by atomic mass is 10.3. The SMILES string of the molecule is COC(=O)Cn1c(CCCl)nc2cc(Br)ccc21. The number of ether oxygens (including phenoxy) is 1. The number of rotatable bonds is 4. The molecule has 96 valence electrons. The quantitative estimate of drug-likeness (QED) is 0.639. The third kappa shape index (κ3) is 2.67. The first kappa shape index (κ1) is 13.4. The summed E-state index contributed by atoms with van der Waals surface area (Å²) in [5.74, 6) is 0.961. The van der Waals surface area contributed by atoms with E-state index in [4.69, 9.17) is 16.3 Å². The molecule has 0 saturated heterocycles. The van der Waals surface area contributed by atoms with Gasteiger partial charge in [-0.25, -0.2) is 4.98 Å². The molecule has 2 aromatic rings. The van der Waals surface area contributed by atoms with Gasteiger partial charge in [0.25, 0.3) is 0 Å². The predicted molar refractivity (Wildman–Crippen MR) is 73.9 cm³/mol. The van der Waals surface area contributed by atoms with Gasteiger partial charge in [0, 0.05) is 16.8 Å². The van der Waals surface area contributed by atoms with Gasteiger partial charge in [-0.3, -0.25) is 4.79 Å². The number of nitrogens with zero attached hydrogens (tertiary/aromatic N) is 2. The lowest BCUT2D eigenvalue weighted by Gasteiger charge is -2.06. The van der Waals surface area contributed by atoms with Gasteiger partial charge in [0.1, 0.15) is 12.4 Å². The number of fused-ring (bicyclic) bond motifs is 1. The molecule has 0 radical (unpaired) electrons. The molecule has 18 heavy (non-hydrogen) atoms. The Morgan fingerprint density at radius 1 is 1.56 bits per heavy atom. The number of esters is 1. The molecule has 0 fully saturated rings. The highest BCUT2D eigenvalue weighted by molar-refractivity contribution is 9.10. The van der Waals surface area contributed by atoms with Crippen molar-refractivity contribution < 1.29 is 9.53 Å². The zero-order valence-corrected chi connectivity index (χ0v) is 12.2. The van der Waals surface area contributed by atoms with E-state index < -0.39 is 0 Å². The zero-order chi connectivity index (χ0) is 13.1. The fourth-order valence-corrected chi connectivity index (χ4v) is 2.32. The minimum atomic E-state index is -0.298. The van der Waals surface area contributed by atoms with Crippen molar-refractivity contribution in [3.8, 4) is 0 Å². The highest BCUT2D eigenvalue weighted by Crippen LogP contribution is 2.21. The maximum absolute atomic E-state index is 11.4. The van der Waals surface area contributed by atoms with Gasteiger partial charge in [0.05, 0.1) is 18.1 Å². The summed E-state index contributed by atoms with van der Waals surface area (Å²) in [6, 6.07) is 5.76. The molecule has 1 aromatic carbocycles. The molecule has 0 aliphatic rings. The van der Waals surface area contributed by atoms with Crippen LogP contribution >= 0.6 is 27.5 Å². The average molecular weight is 332 g/mol. The number of aryl methyl sites for hydroxylation is 1. The van der Waals surface area contributed by atoms with E-state index in [-0.39, 0.29) is 12.5 Å². The summed E-state index contributed by atoms with van der Waals surface area (Å²) in [5.41, 5.74) is 1.75. The Morgan fingerprint density at radius 2 is 2.33 bits per heavy atom. The molecule has 0 amide bonds. The van der Waals surface area contributed by atoms with Crippen molar-refractivity contribution >= 4 is 44.5 Å². The molecule has 1 heterocycles. The van der Waals surface area contributed by atoms with Crippen molar-refractivity contribution in [1.82, 2.24) is 9.55 Å². The summed E-state index contributed by atoms with van der Waals surface area (Å²) < 4.78 is 7.50. The molecule has 0 aliphatic heterocycles. The lowest BCUT2D eigenvalue weighted by Crippen LogP contribution is -2.14. The molecule has 6 heteroatoms. The van der Waals surface area contributed by atoms with Crippen LogP contribution in [0.2, 0.25) is 0 Å². The van der Waals surface area contributed by atoms with Gasteiger partial charge in [0.2, 0.25) is 0 Å². The number of carbonyl (C=O) groups is 1. The fraction of sp³-hybridized carbons (Fsp3) is 0.333. The van der Waals surface area contributed by atoms with Crippen molar-refractivity contribution in [2.45, 2.75) is 13.0 Å². The summed E-state index contributed by atoms with van der Waals surface area (Å²) in [6.07, 6.45) is 0.616. The van der Waals surface area contributed by atoms with E-state index >= 15 is 0 Å². The Bertz CT molecular complexity index is 583. The molecular formula is C12H12BrClN2O2. The Balaban J connectivity index is 2.51. The fourth-order valence-electron chi connectivity index (χ4n) is 1.80. The summed E-state index contributed by atoms with van der Waals surface area (Å²) in [7, 11) is 1.37. The summed E-state index contributed by atoms with van der Waals surface area (Å²) in [5, 5.41) is 0. The number of aromatic nitrogens is 2. The topological polar surface area (TPSA) is 44.1 Å². The third-order valence-electron chi connectivity index (χ3n) is 2.62. The van der Waals surface area contributed by atoms with Gasteiger partial charge >= 0.3 is 5.97 Å². The van der Waals surface area contributed by atoms with E-state index in [0.29, 0.717) is 12.3 Å². The number of benzene rings is 1. The van der Waals surface area contributed by atoms with Crippen LogP contribution in [0.4, 0.5) is 0 Å². The van der Waals surface area contributed by atoms with Crippen LogP contribution in [-0.2, 0) is 22.5 Å². The van der Waals surface area contributed by atoms with E-state index in [1.807, 2.05) is 22.8 Å². The monoisotopic (exact) mass is 330 g/mol. The normalized spacial score (nSPS) is 10.8. The molecule has 0 unspecified atom stereocenters. The first-order valence-electron chi connectivity index (χ1n) is 5.43. The number of hydrogen-bond donors (Lipinski definition) is 0. The summed E-state index contributed by atoms with van der Waals surface area (Å²) >= 11 is 9.16.